The molecule has 0 aliphatic carbocycles. The Morgan fingerprint density at radius 2 is 1.75 bits per heavy atom. The van der Waals surface area contributed by atoms with E-state index in [1.54, 1.807) is 0 Å². The number of fused-ring (bicyclic) bond motifs is 1. The van der Waals surface area contributed by atoms with Gasteiger partial charge in [0.15, 0.2) is 0 Å². The fourth-order valence-corrected chi connectivity index (χ4v) is 1.75. The van der Waals surface area contributed by atoms with Crippen LogP contribution in [0.3, 0.4) is 0 Å². The molecule has 0 saturated heterocycles. The average Bonchev–Trinajstić information content (AvgIpc) is 2.26. The van der Waals surface area contributed by atoms with Crippen molar-refractivity contribution in [2.24, 2.45) is 0 Å². The summed E-state index contributed by atoms with van der Waals surface area (Å²) >= 11 is 0.873. The van der Waals surface area contributed by atoms with Gasteiger partial charge in [0, 0.05) is 10.6 Å². The summed E-state index contributed by atoms with van der Waals surface area (Å²) in [5, 5.41) is 15.0. The van der Waals surface area contributed by atoms with E-state index >= 15 is 0 Å². The Hall–Kier alpha value is -0.270. The third kappa shape index (κ3) is 3.36. The van der Waals surface area contributed by atoms with Gasteiger partial charge >= 0.3 is 29.6 Å². The van der Waals surface area contributed by atoms with Gasteiger partial charge < -0.3 is 11.0 Å². The molecule has 4 nitrogen and oxygen atoms in total. The summed E-state index contributed by atoms with van der Waals surface area (Å²) in [6.45, 7) is 0. The molecular formula is C10H8NNaO3S. The Morgan fingerprint density at radius 3 is 2.50 bits per heavy atom. The molecule has 0 fully saturated rings. The third-order valence-electron chi connectivity index (χ3n) is 1.99. The van der Waals surface area contributed by atoms with Crippen LogP contribution >= 0.6 is 12.0 Å². The maximum Gasteiger partial charge on any atom is 1.00 e. The van der Waals surface area contributed by atoms with Crippen molar-refractivity contribution in [3.63, 3.8) is 0 Å². The topological polar surface area (TPSA) is 67.5 Å². The summed E-state index contributed by atoms with van der Waals surface area (Å²) in [5.74, 6) is 0. The van der Waals surface area contributed by atoms with Crippen LogP contribution in [0.4, 0.5) is 5.69 Å². The molecule has 16 heavy (non-hydrogen) atoms. The summed E-state index contributed by atoms with van der Waals surface area (Å²) in [6.07, 6.45) is 0. The number of hydrogen-bond acceptors (Lipinski definition) is 5. The molecule has 2 aromatic carbocycles. The molecule has 0 radical (unpaired) electrons. The first-order valence-electron chi connectivity index (χ1n) is 4.22. The fraction of sp³-hybridized carbons (Fsp3) is 0. The zero-order valence-electron chi connectivity index (χ0n) is 8.67. The van der Waals surface area contributed by atoms with Gasteiger partial charge in [0.25, 0.3) is 0 Å². The molecule has 78 valence electrons. The van der Waals surface area contributed by atoms with Crippen LogP contribution in [0.2, 0.25) is 0 Å². The molecule has 0 amide bonds. The van der Waals surface area contributed by atoms with Crippen LogP contribution in [0.5, 0.6) is 0 Å². The van der Waals surface area contributed by atoms with E-state index in [0.717, 1.165) is 33.4 Å². The van der Waals surface area contributed by atoms with Crippen molar-refractivity contribution in [1.29, 1.82) is 0 Å². The molecule has 0 atom stereocenters. The van der Waals surface area contributed by atoms with E-state index in [-0.39, 0.29) is 29.6 Å². The van der Waals surface area contributed by atoms with Crippen LogP contribution in [0, 0.1) is 0 Å². The normalized spacial score (nSPS) is 10.1. The smallest absolute Gasteiger partial charge is 0.691 e. The first kappa shape index (κ1) is 13.8. The van der Waals surface area contributed by atoms with E-state index in [9.17, 15) is 5.26 Å². The first-order chi connectivity index (χ1) is 7.29. The number of anilines is 1. The Bertz CT molecular complexity index is 481. The minimum Gasteiger partial charge on any atom is -0.691 e. The number of benzene rings is 2. The quantitative estimate of drug-likeness (QED) is 0.238. The largest absolute Gasteiger partial charge is 1.00 e. The summed E-state index contributed by atoms with van der Waals surface area (Å²) < 4.78 is 4.23. The Balaban J connectivity index is 0.00000128. The molecule has 0 aromatic heterocycles. The van der Waals surface area contributed by atoms with Gasteiger partial charge in [0.1, 0.15) is 0 Å². The van der Waals surface area contributed by atoms with Gasteiger partial charge in [0.2, 0.25) is 0 Å². The number of nitrogen functional groups attached to an aromatic ring is 1. The first-order valence-corrected chi connectivity index (χ1v) is 4.96. The second-order valence-corrected chi connectivity index (χ2v) is 3.76. The Morgan fingerprint density at radius 1 is 1.06 bits per heavy atom. The third-order valence-corrected chi connectivity index (χ3v) is 2.56. The average molecular weight is 245 g/mol. The van der Waals surface area contributed by atoms with E-state index in [4.69, 9.17) is 5.73 Å². The van der Waals surface area contributed by atoms with Crippen LogP contribution < -0.4 is 40.5 Å². The van der Waals surface area contributed by atoms with E-state index in [0.29, 0.717) is 0 Å². The fourth-order valence-electron chi connectivity index (χ4n) is 1.35. The second kappa shape index (κ2) is 6.46. The Kier molecular flexibility index (Phi) is 5.57. The molecule has 0 bridgehead atoms. The van der Waals surface area contributed by atoms with Crippen molar-refractivity contribution < 1.29 is 44.2 Å². The Labute approximate surface area is 119 Å². The summed E-state index contributed by atoms with van der Waals surface area (Å²) in [7, 11) is 0. The molecule has 0 aliphatic rings. The van der Waals surface area contributed by atoms with E-state index in [1.807, 2.05) is 36.4 Å². The van der Waals surface area contributed by atoms with Crippen molar-refractivity contribution in [1.82, 2.24) is 0 Å². The number of hydrogen-bond donors (Lipinski definition) is 1. The maximum absolute atomic E-state index is 9.65. The van der Waals surface area contributed by atoms with Gasteiger partial charge in [-0.15, -0.1) is 0 Å². The van der Waals surface area contributed by atoms with Crippen LogP contribution in [-0.2, 0) is 9.37 Å². The van der Waals surface area contributed by atoms with Crippen LogP contribution in [-0.4, -0.2) is 0 Å². The molecular weight excluding hydrogens is 237 g/mol. The van der Waals surface area contributed by atoms with Gasteiger partial charge in [-0.25, -0.2) is 0 Å². The van der Waals surface area contributed by atoms with Crippen LogP contribution in [0.25, 0.3) is 10.8 Å². The molecule has 2 aromatic rings. The van der Waals surface area contributed by atoms with E-state index in [1.165, 1.54) is 0 Å². The molecule has 2 N–H and O–H groups in total. The summed E-state index contributed by atoms with van der Waals surface area (Å²) in [5.41, 5.74) is 6.38. The zero-order valence-corrected chi connectivity index (χ0v) is 11.5. The predicted molar refractivity (Wildman–Crippen MR) is 56.4 cm³/mol. The van der Waals surface area contributed by atoms with Crippen molar-refractivity contribution >= 4 is 28.5 Å². The summed E-state index contributed by atoms with van der Waals surface area (Å²) in [4.78, 5) is 0.795. The van der Waals surface area contributed by atoms with E-state index < -0.39 is 0 Å². The summed E-state index contributed by atoms with van der Waals surface area (Å²) in [6, 6.07) is 11.2. The predicted octanol–water partition coefficient (Wildman–Crippen LogP) is -1.34. The van der Waals surface area contributed by atoms with Gasteiger partial charge in [-0.1, -0.05) is 12.1 Å². The van der Waals surface area contributed by atoms with Crippen molar-refractivity contribution in [2.45, 2.75) is 4.90 Å². The zero-order chi connectivity index (χ0) is 10.7. The molecule has 0 spiro atoms. The second-order valence-electron chi connectivity index (χ2n) is 2.99. The standard InChI is InChI=1S/C10H9NO3S.Na/c11-9-3-1-8-6-10(15-14-13-12)4-2-7(8)5-9;/h1-6,12H,11H2;/q;+1/p-1. The molecule has 0 unspecified atom stereocenters. The van der Waals surface area contributed by atoms with Crippen LogP contribution in [0.1, 0.15) is 0 Å². The molecule has 0 heterocycles. The van der Waals surface area contributed by atoms with Gasteiger partial charge in [-0.2, -0.15) is 4.33 Å². The van der Waals surface area contributed by atoms with Crippen LogP contribution in [0.15, 0.2) is 41.3 Å². The molecule has 2 rings (SSSR count). The minimum atomic E-state index is 0. The molecule has 0 aliphatic heterocycles. The van der Waals surface area contributed by atoms with E-state index in [2.05, 4.69) is 9.37 Å². The monoisotopic (exact) mass is 245 g/mol. The maximum atomic E-state index is 9.65. The van der Waals surface area contributed by atoms with Crippen molar-refractivity contribution in [3.8, 4) is 0 Å². The SMILES string of the molecule is Nc1ccc2cc(SOO[O-])ccc2c1.[Na+]. The van der Waals surface area contributed by atoms with Crippen molar-refractivity contribution in [3.05, 3.63) is 36.4 Å². The molecule has 6 heteroatoms. The molecule has 0 saturated carbocycles. The number of nitrogens with two attached hydrogens (primary N) is 1. The van der Waals surface area contributed by atoms with Gasteiger partial charge in [-0.05, 0) is 35.0 Å². The van der Waals surface area contributed by atoms with Gasteiger partial charge in [-0.3, -0.25) is 5.04 Å². The van der Waals surface area contributed by atoms with Crippen molar-refractivity contribution in [2.75, 3.05) is 5.73 Å². The number of rotatable bonds is 3. The van der Waals surface area contributed by atoms with Gasteiger partial charge in [0.05, 0.1) is 12.0 Å². The minimum absolute atomic E-state index is 0.